The molecule has 0 aliphatic rings. The molecule has 0 fully saturated rings. The number of hydrogen-bond acceptors (Lipinski definition) is 2. The average Bonchev–Trinajstić information content (AvgIpc) is 2.03. The van der Waals surface area contributed by atoms with Crippen LogP contribution in [0.5, 0.6) is 0 Å². The molecule has 70 valence electrons. The van der Waals surface area contributed by atoms with Crippen molar-refractivity contribution in [1.82, 2.24) is 0 Å². The van der Waals surface area contributed by atoms with Gasteiger partial charge in [0.1, 0.15) is 6.61 Å². The molecule has 0 atom stereocenters. The Morgan fingerprint density at radius 3 is 2.75 bits per heavy atom. The summed E-state index contributed by atoms with van der Waals surface area (Å²) >= 11 is 0. The number of ether oxygens (including phenoxy) is 1. The summed E-state index contributed by atoms with van der Waals surface area (Å²) in [6.07, 6.45) is 2.89. The molecule has 0 aromatic heterocycles. The molecule has 0 saturated carbocycles. The number of carbonyl (C=O) groups excluding carboxylic acids is 1. The van der Waals surface area contributed by atoms with E-state index in [1.807, 2.05) is 0 Å². The second-order valence-corrected chi connectivity index (χ2v) is 2.73. The number of allylic oxidation sites excluding steroid dienone is 1. The van der Waals surface area contributed by atoms with Crippen LogP contribution < -0.4 is 5.73 Å². The molecule has 0 aromatic rings. The first kappa shape index (κ1) is 11.2. The van der Waals surface area contributed by atoms with E-state index in [0.717, 1.165) is 19.3 Å². The van der Waals surface area contributed by atoms with E-state index in [0.29, 0.717) is 6.61 Å². The predicted octanol–water partition coefficient (Wildman–Crippen LogP) is 1.23. The van der Waals surface area contributed by atoms with E-state index in [1.165, 1.54) is 5.57 Å². The third kappa shape index (κ3) is 7.28. The Kier molecular flexibility index (Phi) is 6.38. The minimum atomic E-state index is -0.413. The van der Waals surface area contributed by atoms with Gasteiger partial charge in [0.05, 0.1) is 0 Å². The molecule has 12 heavy (non-hydrogen) atoms. The highest BCUT2D eigenvalue weighted by Crippen LogP contribution is 2.05. The Hall–Kier alpha value is -0.830. The van der Waals surface area contributed by atoms with Crippen molar-refractivity contribution in [3.63, 3.8) is 0 Å². The van der Waals surface area contributed by atoms with Crippen molar-refractivity contribution >= 4 is 5.91 Å². The third-order valence-electron chi connectivity index (χ3n) is 1.56. The number of nitrogens with two attached hydrogens (primary N) is 1. The van der Waals surface area contributed by atoms with Crippen LogP contribution in [0.3, 0.4) is 0 Å². The molecule has 3 nitrogen and oxygen atoms in total. The number of hydrogen-bond donors (Lipinski definition) is 1. The first-order valence-corrected chi connectivity index (χ1v) is 4.19. The Morgan fingerprint density at radius 1 is 1.58 bits per heavy atom. The van der Waals surface area contributed by atoms with Gasteiger partial charge in [-0.3, -0.25) is 4.79 Å². The molecule has 3 heteroatoms. The first-order chi connectivity index (χ1) is 5.66. The van der Waals surface area contributed by atoms with Crippen LogP contribution in [-0.4, -0.2) is 19.1 Å². The monoisotopic (exact) mass is 171 g/mol. The fraction of sp³-hybridized carbons (Fsp3) is 0.667. The van der Waals surface area contributed by atoms with Crippen LogP contribution in [0.25, 0.3) is 0 Å². The lowest BCUT2D eigenvalue weighted by Gasteiger charge is -2.02. The van der Waals surface area contributed by atoms with Crippen molar-refractivity contribution in [1.29, 1.82) is 0 Å². The quantitative estimate of drug-likeness (QED) is 0.462. The van der Waals surface area contributed by atoms with Crippen molar-refractivity contribution in [3.8, 4) is 0 Å². The number of carbonyl (C=O) groups is 1. The fourth-order valence-electron chi connectivity index (χ4n) is 0.774. The van der Waals surface area contributed by atoms with Crippen molar-refractivity contribution in [2.75, 3.05) is 13.2 Å². The zero-order valence-corrected chi connectivity index (χ0v) is 7.64. The first-order valence-electron chi connectivity index (χ1n) is 4.19. The van der Waals surface area contributed by atoms with E-state index < -0.39 is 5.91 Å². The average molecular weight is 171 g/mol. The van der Waals surface area contributed by atoms with Gasteiger partial charge >= 0.3 is 0 Å². The van der Waals surface area contributed by atoms with E-state index in [-0.39, 0.29) is 6.61 Å². The van der Waals surface area contributed by atoms with E-state index in [2.05, 4.69) is 13.5 Å². The highest BCUT2D eigenvalue weighted by atomic mass is 16.5. The van der Waals surface area contributed by atoms with Gasteiger partial charge < -0.3 is 10.5 Å². The summed E-state index contributed by atoms with van der Waals surface area (Å²) < 4.78 is 4.97. The van der Waals surface area contributed by atoms with Crippen LogP contribution in [0.15, 0.2) is 12.2 Å². The molecule has 1 amide bonds. The van der Waals surface area contributed by atoms with Gasteiger partial charge in [0.15, 0.2) is 0 Å². The minimum absolute atomic E-state index is 0.0264. The molecule has 0 rings (SSSR count). The lowest BCUT2D eigenvalue weighted by molar-refractivity contribution is -0.122. The smallest absolute Gasteiger partial charge is 0.243 e. The van der Waals surface area contributed by atoms with Crippen LogP contribution in [-0.2, 0) is 9.53 Å². The molecular formula is C9H17NO2. The summed E-state index contributed by atoms with van der Waals surface area (Å²) in [5.74, 6) is -0.413. The summed E-state index contributed by atoms with van der Waals surface area (Å²) in [6, 6.07) is 0. The maximum absolute atomic E-state index is 10.2. The van der Waals surface area contributed by atoms with Crippen LogP contribution in [0.4, 0.5) is 0 Å². The fourth-order valence-corrected chi connectivity index (χ4v) is 0.774. The molecule has 0 aliphatic carbocycles. The number of amides is 1. The van der Waals surface area contributed by atoms with Gasteiger partial charge in [0.25, 0.3) is 0 Å². The molecule has 0 aromatic carbocycles. The van der Waals surface area contributed by atoms with Crippen LogP contribution in [0.2, 0.25) is 0 Å². The van der Waals surface area contributed by atoms with Gasteiger partial charge in [-0.2, -0.15) is 0 Å². The van der Waals surface area contributed by atoms with Crippen LogP contribution in [0.1, 0.15) is 26.2 Å². The van der Waals surface area contributed by atoms with Crippen molar-refractivity contribution in [2.24, 2.45) is 5.73 Å². The van der Waals surface area contributed by atoms with Crippen molar-refractivity contribution in [2.45, 2.75) is 26.2 Å². The predicted molar refractivity (Wildman–Crippen MR) is 48.7 cm³/mol. The zero-order valence-electron chi connectivity index (χ0n) is 7.64. The maximum Gasteiger partial charge on any atom is 0.243 e. The Bertz CT molecular complexity index is 155. The van der Waals surface area contributed by atoms with Gasteiger partial charge in [-0.15, -0.1) is 0 Å². The Balaban J connectivity index is 3.11. The van der Waals surface area contributed by atoms with Gasteiger partial charge in [-0.1, -0.05) is 19.1 Å². The number of rotatable bonds is 7. The molecule has 2 N–H and O–H groups in total. The SMILES string of the molecule is C=C(CC)CCCOCC(N)=O. The molecule has 0 spiro atoms. The van der Waals surface area contributed by atoms with Crippen molar-refractivity contribution in [3.05, 3.63) is 12.2 Å². The van der Waals surface area contributed by atoms with Gasteiger partial charge in [-0.05, 0) is 19.3 Å². The maximum atomic E-state index is 10.2. The van der Waals surface area contributed by atoms with Crippen LogP contribution in [0, 0.1) is 0 Å². The van der Waals surface area contributed by atoms with Gasteiger partial charge in [0, 0.05) is 6.61 Å². The summed E-state index contributed by atoms with van der Waals surface area (Å²) in [5.41, 5.74) is 6.10. The molecule has 0 heterocycles. The lowest BCUT2D eigenvalue weighted by Crippen LogP contribution is -2.18. The third-order valence-corrected chi connectivity index (χ3v) is 1.56. The Labute approximate surface area is 73.6 Å². The summed E-state index contributed by atoms with van der Waals surface area (Å²) in [4.78, 5) is 10.2. The van der Waals surface area contributed by atoms with E-state index in [1.54, 1.807) is 0 Å². The van der Waals surface area contributed by atoms with Gasteiger partial charge in [-0.25, -0.2) is 0 Å². The van der Waals surface area contributed by atoms with E-state index in [4.69, 9.17) is 10.5 Å². The zero-order chi connectivity index (χ0) is 9.40. The van der Waals surface area contributed by atoms with Crippen molar-refractivity contribution < 1.29 is 9.53 Å². The standard InChI is InChI=1S/C9H17NO2/c1-3-8(2)5-4-6-12-7-9(10)11/h2-7H2,1H3,(H2,10,11). The molecule has 0 saturated heterocycles. The molecule has 0 bridgehead atoms. The van der Waals surface area contributed by atoms with Gasteiger partial charge in [0.2, 0.25) is 5.91 Å². The topological polar surface area (TPSA) is 52.3 Å². The minimum Gasteiger partial charge on any atom is -0.372 e. The molecule has 0 unspecified atom stereocenters. The summed E-state index contributed by atoms with van der Waals surface area (Å²) in [6.45, 7) is 6.55. The molecule has 0 radical (unpaired) electrons. The summed E-state index contributed by atoms with van der Waals surface area (Å²) in [7, 11) is 0. The van der Waals surface area contributed by atoms with E-state index in [9.17, 15) is 4.79 Å². The molecular weight excluding hydrogens is 154 g/mol. The second-order valence-electron chi connectivity index (χ2n) is 2.73. The summed E-state index contributed by atoms with van der Waals surface area (Å²) in [5, 5.41) is 0. The Morgan fingerprint density at radius 2 is 2.25 bits per heavy atom. The largest absolute Gasteiger partial charge is 0.372 e. The highest BCUT2D eigenvalue weighted by Gasteiger charge is 1.94. The number of primary amides is 1. The lowest BCUT2D eigenvalue weighted by atomic mass is 10.1. The van der Waals surface area contributed by atoms with E-state index >= 15 is 0 Å². The van der Waals surface area contributed by atoms with Crippen LogP contribution >= 0.6 is 0 Å². The second kappa shape index (κ2) is 6.85. The molecule has 0 aliphatic heterocycles. The normalized spacial score (nSPS) is 9.75. The highest BCUT2D eigenvalue weighted by molar-refractivity contribution is 5.74.